The summed E-state index contributed by atoms with van der Waals surface area (Å²) in [5.41, 5.74) is 2.32. The Labute approximate surface area is 159 Å². The lowest BCUT2D eigenvalue weighted by Gasteiger charge is -2.25. The summed E-state index contributed by atoms with van der Waals surface area (Å²) in [7, 11) is 0. The van der Waals surface area contributed by atoms with E-state index in [0.29, 0.717) is 18.5 Å². The first-order valence-electron chi connectivity index (χ1n) is 9.58. The quantitative estimate of drug-likeness (QED) is 0.782. The number of aliphatic hydroxyl groups excluding tert-OH is 1. The van der Waals surface area contributed by atoms with Gasteiger partial charge in [0.05, 0.1) is 6.04 Å². The van der Waals surface area contributed by atoms with Gasteiger partial charge in [0.2, 0.25) is 0 Å². The number of rotatable bonds is 3. The molecule has 1 saturated heterocycles. The van der Waals surface area contributed by atoms with Crippen molar-refractivity contribution in [1.82, 2.24) is 10.6 Å². The van der Waals surface area contributed by atoms with Crippen molar-refractivity contribution < 1.29 is 14.7 Å². The van der Waals surface area contributed by atoms with Crippen molar-refractivity contribution in [2.45, 2.75) is 44.2 Å². The number of benzene rings is 2. The summed E-state index contributed by atoms with van der Waals surface area (Å²) in [6, 6.07) is 16.5. The van der Waals surface area contributed by atoms with Gasteiger partial charge >= 0.3 is 0 Å². The van der Waals surface area contributed by atoms with Gasteiger partial charge in [-0.25, -0.2) is 0 Å². The summed E-state index contributed by atoms with van der Waals surface area (Å²) < 4.78 is 0. The molecule has 142 valence electrons. The minimum Gasteiger partial charge on any atom is -0.381 e. The molecule has 1 fully saturated rings. The first kappa shape index (κ1) is 19.1. The average molecular weight is 366 g/mol. The van der Waals surface area contributed by atoms with Gasteiger partial charge in [-0.3, -0.25) is 9.59 Å². The van der Waals surface area contributed by atoms with Crippen molar-refractivity contribution in [2.75, 3.05) is 6.54 Å². The lowest BCUT2D eigenvalue weighted by atomic mass is 9.97. The molecule has 5 heteroatoms. The van der Waals surface area contributed by atoms with Crippen LogP contribution in [0.1, 0.15) is 42.5 Å². The SMILES string of the molecule is O=C(N[C@H]1CCCCCCNC(=O)C1O)c1ccccc1-c1ccccc1. The molecule has 3 N–H and O–H groups in total. The largest absolute Gasteiger partial charge is 0.381 e. The molecule has 0 saturated carbocycles. The maximum atomic E-state index is 13.0. The lowest BCUT2D eigenvalue weighted by Crippen LogP contribution is -2.51. The Kier molecular flexibility index (Phi) is 6.60. The second-order valence-electron chi connectivity index (χ2n) is 6.93. The van der Waals surface area contributed by atoms with Crippen LogP contribution in [-0.2, 0) is 4.79 Å². The number of aliphatic hydroxyl groups is 1. The zero-order valence-corrected chi connectivity index (χ0v) is 15.4. The number of carbonyl (C=O) groups excluding carboxylic acids is 2. The summed E-state index contributed by atoms with van der Waals surface area (Å²) in [4.78, 5) is 25.1. The molecular formula is C22H26N2O3. The van der Waals surface area contributed by atoms with Gasteiger partial charge in [0.15, 0.2) is 6.10 Å². The van der Waals surface area contributed by atoms with Crippen LogP contribution in [0.3, 0.4) is 0 Å². The van der Waals surface area contributed by atoms with E-state index in [0.717, 1.165) is 36.8 Å². The molecule has 3 rings (SSSR count). The Morgan fingerprint density at radius 3 is 2.48 bits per heavy atom. The van der Waals surface area contributed by atoms with Gasteiger partial charge in [0.25, 0.3) is 11.8 Å². The minimum atomic E-state index is -1.24. The molecule has 0 aromatic heterocycles. The zero-order chi connectivity index (χ0) is 19.1. The predicted molar refractivity (Wildman–Crippen MR) is 105 cm³/mol. The number of hydrogen-bond acceptors (Lipinski definition) is 3. The normalized spacial score (nSPS) is 21.1. The van der Waals surface area contributed by atoms with E-state index in [-0.39, 0.29) is 5.91 Å². The monoisotopic (exact) mass is 366 g/mol. The van der Waals surface area contributed by atoms with E-state index in [1.165, 1.54) is 0 Å². The van der Waals surface area contributed by atoms with Gasteiger partial charge in [0, 0.05) is 12.1 Å². The molecule has 1 unspecified atom stereocenters. The van der Waals surface area contributed by atoms with Gasteiger partial charge in [-0.2, -0.15) is 0 Å². The van der Waals surface area contributed by atoms with Gasteiger partial charge in [-0.15, -0.1) is 0 Å². The van der Waals surface area contributed by atoms with Crippen LogP contribution in [0.2, 0.25) is 0 Å². The van der Waals surface area contributed by atoms with Gasteiger partial charge in [-0.1, -0.05) is 67.8 Å². The molecule has 0 aliphatic carbocycles. The van der Waals surface area contributed by atoms with E-state index in [4.69, 9.17) is 0 Å². The molecule has 2 amide bonds. The molecule has 1 aliphatic heterocycles. The number of amides is 2. The fraction of sp³-hybridized carbons (Fsp3) is 0.364. The van der Waals surface area contributed by atoms with Crippen LogP contribution in [0.5, 0.6) is 0 Å². The van der Waals surface area contributed by atoms with E-state index in [1.54, 1.807) is 6.07 Å². The Hall–Kier alpha value is -2.66. The summed E-state index contributed by atoms with van der Waals surface area (Å²) in [5.74, 6) is -0.693. The van der Waals surface area contributed by atoms with Crippen LogP contribution >= 0.6 is 0 Å². The highest BCUT2D eigenvalue weighted by Gasteiger charge is 2.28. The maximum Gasteiger partial charge on any atom is 0.252 e. The fourth-order valence-electron chi connectivity index (χ4n) is 3.45. The van der Waals surface area contributed by atoms with Crippen molar-refractivity contribution in [1.29, 1.82) is 0 Å². The smallest absolute Gasteiger partial charge is 0.252 e. The lowest BCUT2D eigenvalue weighted by molar-refractivity contribution is -0.130. The van der Waals surface area contributed by atoms with Gasteiger partial charge in [-0.05, 0) is 30.0 Å². The third-order valence-electron chi connectivity index (χ3n) is 4.96. The number of hydrogen-bond donors (Lipinski definition) is 3. The van der Waals surface area contributed by atoms with Crippen molar-refractivity contribution in [2.24, 2.45) is 0 Å². The van der Waals surface area contributed by atoms with E-state index in [2.05, 4.69) is 10.6 Å². The highest BCUT2D eigenvalue weighted by atomic mass is 16.3. The summed E-state index contributed by atoms with van der Waals surface area (Å²) >= 11 is 0. The molecule has 1 aliphatic rings. The number of nitrogens with one attached hydrogen (secondary N) is 2. The van der Waals surface area contributed by atoms with Crippen LogP contribution in [-0.4, -0.2) is 35.6 Å². The predicted octanol–water partition coefficient (Wildman–Crippen LogP) is 2.89. The van der Waals surface area contributed by atoms with Gasteiger partial charge in [0.1, 0.15) is 0 Å². The molecule has 1 heterocycles. The fourth-order valence-corrected chi connectivity index (χ4v) is 3.45. The van der Waals surface area contributed by atoms with E-state index >= 15 is 0 Å². The van der Waals surface area contributed by atoms with Crippen molar-refractivity contribution in [3.63, 3.8) is 0 Å². The first-order chi connectivity index (χ1) is 13.2. The molecule has 0 spiro atoms. The Balaban J connectivity index is 1.80. The maximum absolute atomic E-state index is 13.0. The summed E-state index contributed by atoms with van der Waals surface area (Å²) in [6.07, 6.45) is 3.18. The molecule has 2 atom stereocenters. The van der Waals surface area contributed by atoms with E-state index < -0.39 is 18.1 Å². The van der Waals surface area contributed by atoms with Gasteiger partial charge < -0.3 is 15.7 Å². The zero-order valence-electron chi connectivity index (χ0n) is 15.4. The van der Waals surface area contributed by atoms with Crippen LogP contribution in [0.15, 0.2) is 54.6 Å². The molecule has 27 heavy (non-hydrogen) atoms. The highest BCUT2D eigenvalue weighted by molar-refractivity contribution is 6.01. The Morgan fingerprint density at radius 1 is 0.963 bits per heavy atom. The third kappa shape index (κ3) is 4.95. The van der Waals surface area contributed by atoms with Crippen molar-refractivity contribution in [3.8, 4) is 11.1 Å². The van der Waals surface area contributed by atoms with E-state index in [9.17, 15) is 14.7 Å². The van der Waals surface area contributed by atoms with Crippen LogP contribution < -0.4 is 10.6 Å². The van der Waals surface area contributed by atoms with Crippen LogP contribution in [0, 0.1) is 0 Å². The minimum absolute atomic E-state index is 0.275. The Morgan fingerprint density at radius 2 is 1.67 bits per heavy atom. The topological polar surface area (TPSA) is 78.4 Å². The van der Waals surface area contributed by atoms with Crippen LogP contribution in [0.4, 0.5) is 0 Å². The third-order valence-corrected chi connectivity index (χ3v) is 4.96. The number of carbonyl (C=O) groups is 2. The van der Waals surface area contributed by atoms with E-state index in [1.807, 2.05) is 48.5 Å². The molecular weight excluding hydrogens is 340 g/mol. The molecule has 5 nitrogen and oxygen atoms in total. The molecule has 2 aromatic carbocycles. The molecule has 0 bridgehead atoms. The second kappa shape index (κ2) is 9.33. The second-order valence-corrected chi connectivity index (χ2v) is 6.93. The molecule has 2 aromatic rings. The summed E-state index contributed by atoms with van der Waals surface area (Å²) in [5, 5.41) is 16.0. The molecule has 0 radical (unpaired) electrons. The first-order valence-corrected chi connectivity index (χ1v) is 9.58. The highest BCUT2D eigenvalue weighted by Crippen LogP contribution is 2.23. The average Bonchev–Trinajstić information content (AvgIpc) is 2.71. The van der Waals surface area contributed by atoms with Crippen molar-refractivity contribution >= 4 is 11.8 Å². The Bertz CT molecular complexity index is 776. The van der Waals surface area contributed by atoms with Crippen LogP contribution in [0.25, 0.3) is 11.1 Å². The van der Waals surface area contributed by atoms with Crippen molar-refractivity contribution in [3.05, 3.63) is 60.2 Å². The standard InChI is InChI=1S/C22H26N2O3/c25-20-19(14-6-1-2-9-15-23-22(20)27)24-21(26)18-13-8-7-12-17(18)16-10-4-3-5-11-16/h3-5,7-8,10-13,19-20,25H,1-2,6,9,14-15H2,(H,23,27)(H,24,26)/t19-,20?/m0/s1. The summed E-state index contributed by atoms with van der Waals surface area (Å²) in [6.45, 7) is 0.563.